The number of aliphatic hydroxyl groups excluding tert-OH is 1. The fourth-order valence-electron chi connectivity index (χ4n) is 2.18. The number of hydrogen-bond acceptors (Lipinski definition) is 2. The van der Waals surface area contributed by atoms with E-state index in [4.69, 9.17) is 11.6 Å². The zero-order valence-corrected chi connectivity index (χ0v) is 8.96. The van der Waals surface area contributed by atoms with Gasteiger partial charge in [0, 0.05) is 11.2 Å². The first-order valence-corrected chi connectivity index (χ1v) is 5.44. The molecule has 0 amide bonds. The van der Waals surface area contributed by atoms with Crippen molar-refractivity contribution in [2.45, 2.75) is 38.2 Å². The van der Waals surface area contributed by atoms with Gasteiger partial charge in [-0.15, -0.1) is 0 Å². The van der Waals surface area contributed by atoms with E-state index in [1.54, 1.807) is 12.3 Å². The molecule has 1 aliphatic rings. The average molecular weight is 212 g/mol. The molecule has 1 N–H and O–H groups in total. The smallest absolute Gasteiger partial charge is 0.0963 e. The molecule has 3 heteroatoms. The maximum absolute atomic E-state index is 9.78. The number of rotatable bonds is 1. The van der Waals surface area contributed by atoms with Gasteiger partial charge in [0.05, 0.1) is 11.8 Å². The van der Waals surface area contributed by atoms with Crippen LogP contribution in [0.25, 0.3) is 0 Å². The first kappa shape index (κ1) is 9.94. The highest BCUT2D eigenvalue weighted by molar-refractivity contribution is 6.31. The van der Waals surface area contributed by atoms with E-state index in [1.165, 1.54) is 0 Å². The lowest BCUT2D eigenvalue weighted by Crippen LogP contribution is -2.16. The van der Waals surface area contributed by atoms with Crippen molar-refractivity contribution in [3.05, 3.63) is 28.5 Å². The summed E-state index contributed by atoms with van der Waals surface area (Å²) in [6, 6.07) is 1.81. The Labute approximate surface area is 88.9 Å². The summed E-state index contributed by atoms with van der Waals surface area (Å²) < 4.78 is 0. The van der Waals surface area contributed by atoms with Crippen LogP contribution in [0.3, 0.4) is 0 Å². The Hall–Kier alpha value is -0.600. The normalized spacial score (nSPS) is 25.9. The van der Waals surface area contributed by atoms with Gasteiger partial charge in [-0.1, -0.05) is 18.5 Å². The van der Waals surface area contributed by atoms with Crippen LogP contribution in [-0.4, -0.2) is 10.1 Å². The Morgan fingerprint density at radius 2 is 2.36 bits per heavy atom. The Kier molecular flexibility index (Phi) is 2.75. The molecular formula is C11H14ClNO. The minimum atomic E-state index is -0.425. The van der Waals surface area contributed by atoms with E-state index in [1.807, 2.05) is 0 Å². The monoisotopic (exact) mass is 211 g/mol. The minimum absolute atomic E-state index is 0.425. The second-order valence-electron chi connectivity index (χ2n) is 3.79. The molecule has 0 saturated heterocycles. The quantitative estimate of drug-likeness (QED) is 0.775. The number of pyridine rings is 1. The van der Waals surface area contributed by atoms with Crippen LogP contribution in [-0.2, 0) is 0 Å². The molecule has 0 saturated carbocycles. The molecule has 0 aromatic carbocycles. The second-order valence-corrected chi connectivity index (χ2v) is 4.20. The number of hydrogen-bond donors (Lipinski definition) is 1. The van der Waals surface area contributed by atoms with Crippen LogP contribution in [0.2, 0.25) is 5.02 Å². The first-order chi connectivity index (χ1) is 6.74. The van der Waals surface area contributed by atoms with Gasteiger partial charge >= 0.3 is 0 Å². The van der Waals surface area contributed by atoms with Crippen molar-refractivity contribution in [3.63, 3.8) is 0 Å². The highest BCUT2D eigenvalue weighted by Gasteiger charge is 2.27. The number of nitrogens with zero attached hydrogens (tertiary/aromatic N) is 1. The Morgan fingerprint density at radius 3 is 3.07 bits per heavy atom. The molecule has 0 fully saturated rings. The van der Waals surface area contributed by atoms with Gasteiger partial charge in [-0.05, 0) is 36.8 Å². The molecule has 0 unspecified atom stereocenters. The lowest BCUT2D eigenvalue weighted by atomic mass is 9.82. The fourth-order valence-corrected chi connectivity index (χ4v) is 2.49. The lowest BCUT2D eigenvalue weighted by molar-refractivity contribution is 0.145. The standard InChI is InChI=1S/C11H14ClNO/c1-2-7-3-4-9(14)11-10(7)8(12)5-6-13-11/h5-7,9,14H,2-4H2,1H3/t7-,9+/m1/s1. The minimum Gasteiger partial charge on any atom is -0.387 e. The van der Waals surface area contributed by atoms with Crippen molar-refractivity contribution in [1.29, 1.82) is 0 Å². The summed E-state index contributed by atoms with van der Waals surface area (Å²) in [6.45, 7) is 2.15. The number of halogens is 1. The van der Waals surface area contributed by atoms with Crippen LogP contribution in [0, 0.1) is 0 Å². The van der Waals surface area contributed by atoms with Gasteiger partial charge in [-0.2, -0.15) is 0 Å². The van der Waals surface area contributed by atoms with Gasteiger partial charge in [0.2, 0.25) is 0 Å². The summed E-state index contributed by atoms with van der Waals surface area (Å²) >= 11 is 6.13. The zero-order valence-electron chi connectivity index (χ0n) is 8.20. The van der Waals surface area contributed by atoms with E-state index < -0.39 is 6.10 Å². The van der Waals surface area contributed by atoms with Crippen LogP contribution < -0.4 is 0 Å². The summed E-state index contributed by atoms with van der Waals surface area (Å²) in [5.74, 6) is 0.467. The molecule has 1 aliphatic carbocycles. The van der Waals surface area contributed by atoms with Crippen LogP contribution in [0.15, 0.2) is 12.3 Å². The van der Waals surface area contributed by atoms with Gasteiger partial charge in [-0.3, -0.25) is 4.98 Å². The molecule has 1 aromatic rings. The van der Waals surface area contributed by atoms with Crippen molar-refractivity contribution in [3.8, 4) is 0 Å². The van der Waals surface area contributed by atoms with Crippen LogP contribution >= 0.6 is 11.6 Å². The highest BCUT2D eigenvalue weighted by Crippen LogP contribution is 2.41. The summed E-state index contributed by atoms with van der Waals surface area (Å²) in [4.78, 5) is 4.22. The Balaban J connectivity index is 2.51. The van der Waals surface area contributed by atoms with E-state index in [0.717, 1.165) is 35.5 Å². The average Bonchev–Trinajstić information content (AvgIpc) is 2.20. The van der Waals surface area contributed by atoms with E-state index in [0.29, 0.717) is 5.92 Å². The second kappa shape index (κ2) is 3.87. The SMILES string of the molecule is CC[C@@H]1CC[C@H](O)c2nccc(Cl)c21. The van der Waals surface area contributed by atoms with Gasteiger partial charge in [0.1, 0.15) is 0 Å². The zero-order chi connectivity index (χ0) is 10.1. The Bertz CT molecular complexity index is 340. The van der Waals surface area contributed by atoms with Gasteiger partial charge in [-0.25, -0.2) is 0 Å². The number of aliphatic hydroxyl groups is 1. The topological polar surface area (TPSA) is 33.1 Å². The molecular weight excluding hydrogens is 198 g/mol. The van der Waals surface area contributed by atoms with Crippen LogP contribution in [0.5, 0.6) is 0 Å². The molecule has 2 atom stereocenters. The molecule has 0 bridgehead atoms. The molecule has 2 nitrogen and oxygen atoms in total. The molecule has 0 aliphatic heterocycles. The van der Waals surface area contributed by atoms with Crippen molar-refractivity contribution in [1.82, 2.24) is 4.98 Å². The molecule has 14 heavy (non-hydrogen) atoms. The van der Waals surface area contributed by atoms with Crippen molar-refractivity contribution in [2.75, 3.05) is 0 Å². The summed E-state index contributed by atoms with van der Waals surface area (Å²) in [5, 5.41) is 10.5. The largest absolute Gasteiger partial charge is 0.387 e. The third kappa shape index (κ3) is 1.53. The maximum atomic E-state index is 9.78. The Morgan fingerprint density at radius 1 is 1.57 bits per heavy atom. The van der Waals surface area contributed by atoms with E-state index >= 15 is 0 Å². The van der Waals surface area contributed by atoms with Crippen molar-refractivity contribution < 1.29 is 5.11 Å². The molecule has 0 radical (unpaired) electrons. The summed E-state index contributed by atoms with van der Waals surface area (Å²) in [7, 11) is 0. The molecule has 76 valence electrons. The van der Waals surface area contributed by atoms with Crippen LogP contribution in [0.4, 0.5) is 0 Å². The van der Waals surface area contributed by atoms with Crippen molar-refractivity contribution in [2.24, 2.45) is 0 Å². The molecule has 1 aromatic heterocycles. The van der Waals surface area contributed by atoms with Crippen LogP contribution in [0.1, 0.15) is 49.5 Å². The first-order valence-electron chi connectivity index (χ1n) is 5.06. The predicted molar refractivity (Wildman–Crippen MR) is 56.5 cm³/mol. The predicted octanol–water partition coefficient (Wildman–Crippen LogP) is 3.06. The third-order valence-corrected chi connectivity index (χ3v) is 3.30. The van der Waals surface area contributed by atoms with Gasteiger partial charge < -0.3 is 5.11 Å². The molecule has 0 spiro atoms. The fraction of sp³-hybridized carbons (Fsp3) is 0.545. The van der Waals surface area contributed by atoms with E-state index in [9.17, 15) is 5.11 Å². The maximum Gasteiger partial charge on any atom is 0.0963 e. The lowest BCUT2D eigenvalue weighted by Gasteiger charge is -2.27. The molecule has 1 heterocycles. The van der Waals surface area contributed by atoms with Gasteiger partial charge in [0.15, 0.2) is 0 Å². The summed E-state index contributed by atoms with van der Waals surface area (Å²) in [6.07, 6.45) is 4.12. The highest BCUT2D eigenvalue weighted by atomic mass is 35.5. The summed E-state index contributed by atoms with van der Waals surface area (Å²) in [5.41, 5.74) is 1.85. The van der Waals surface area contributed by atoms with Crippen molar-refractivity contribution >= 4 is 11.6 Å². The number of fused-ring (bicyclic) bond motifs is 1. The van der Waals surface area contributed by atoms with E-state index in [-0.39, 0.29) is 0 Å². The van der Waals surface area contributed by atoms with E-state index in [2.05, 4.69) is 11.9 Å². The number of aromatic nitrogens is 1. The molecule has 2 rings (SSSR count). The van der Waals surface area contributed by atoms with Gasteiger partial charge in [0.25, 0.3) is 0 Å². The third-order valence-electron chi connectivity index (χ3n) is 2.97.